The minimum absolute atomic E-state index is 0.111. The first-order chi connectivity index (χ1) is 10.5. The summed E-state index contributed by atoms with van der Waals surface area (Å²) < 4.78 is 1.21. The highest BCUT2D eigenvalue weighted by Crippen LogP contribution is 2.17. The Balaban J connectivity index is 2.32. The van der Waals surface area contributed by atoms with Gasteiger partial charge in [-0.1, -0.05) is 30.3 Å². The second-order valence-corrected chi connectivity index (χ2v) is 5.54. The Kier molecular flexibility index (Phi) is 5.21. The summed E-state index contributed by atoms with van der Waals surface area (Å²) in [4.78, 5) is 27.5. The molecule has 0 saturated carbocycles. The van der Waals surface area contributed by atoms with E-state index in [9.17, 15) is 9.59 Å². The number of nitrogens with one attached hydrogen (secondary N) is 1. The molecule has 1 aromatic carbocycles. The second kappa shape index (κ2) is 7.13. The molecule has 1 aromatic heterocycles. The monoisotopic (exact) mass is 319 g/mol. The van der Waals surface area contributed by atoms with Gasteiger partial charge in [0.1, 0.15) is 6.54 Å². The number of nitrogens with zero attached hydrogens (tertiary/aromatic N) is 2. The molecule has 22 heavy (non-hydrogen) atoms. The normalized spacial score (nSPS) is 11.9. The van der Waals surface area contributed by atoms with E-state index in [1.807, 2.05) is 37.3 Å². The van der Waals surface area contributed by atoms with Crippen molar-refractivity contribution in [3.8, 4) is 0 Å². The van der Waals surface area contributed by atoms with Crippen LogP contribution < -0.4 is 10.9 Å². The van der Waals surface area contributed by atoms with Crippen molar-refractivity contribution >= 4 is 23.5 Å². The first-order valence-electron chi connectivity index (χ1n) is 6.70. The molecule has 1 heterocycles. The lowest BCUT2D eigenvalue weighted by molar-refractivity contribution is -0.137. The summed E-state index contributed by atoms with van der Waals surface area (Å²) >= 11 is 1.28. The Morgan fingerprint density at radius 3 is 2.68 bits per heavy atom. The summed E-state index contributed by atoms with van der Waals surface area (Å²) in [5, 5.41) is 12.5. The third-order valence-electron chi connectivity index (χ3n) is 3.17. The lowest BCUT2D eigenvalue weighted by atomic mass is 10.1. The SMILES string of the molecule is CSc1cnc(NC(C)c2ccccc2)c(=O)n1CC(=O)O. The van der Waals surface area contributed by atoms with Crippen LogP contribution >= 0.6 is 11.8 Å². The second-order valence-electron chi connectivity index (χ2n) is 4.71. The van der Waals surface area contributed by atoms with E-state index in [0.29, 0.717) is 5.03 Å². The van der Waals surface area contributed by atoms with Gasteiger partial charge in [0, 0.05) is 0 Å². The minimum atomic E-state index is -1.06. The standard InChI is InChI=1S/C15H17N3O3S/c1-10(11-6-4-3-5-7-11)17-14-15(21)18(9-13(19)20)12(22-2)8-16-14/h3-8,10H,9H2,1-2H3,(H,16,17)(H,19,20). The van der Waals surface area contributed by atoms with Gasteiger partial charge in [0.15, 0.2) is 5.82 Å². The van der Waals surface area contributed by atoms with Gasteiger partial charge in [0.2, 0.25) is 0 Å². The van der Waals surface area contributed by atoms with Crippen molar-refractivity contribution in [2.75, 3.05) is 11.6 Å². The fourth-order valence-corrected chi connectivity index (χ4v) is 2.58. The van der Waals surface area contributed by atoms with Crippen LogP contribution in [0.25, 0.3) is 0 Å². The summed E-state index contributed by atoms with van der Waals surface area (Å²) in [5.74, 6) is -0.916. The van der Waals surface area contributed by atoms with Crippen molar-refractivity contribution < 1.29 is 9.90 Å². The van der Waals surface area contributed by atoms with E-state index in [0.717, 1.165) is 5.56 Å². The zero-order chi connectivity index (χ0) is 16.1. The molecule has 7 heteroatoms. The van der Waals surface area contributed by atoms with E-state index >= 15 is 0 Å². The summed E-state index contributed by atoms with van der Waals surface area (Å²) in [5.41, 5.74) is 0.583. The fraction of sp³-hybridized carbons (Fsp3) is 0.267. The van der Waals surface area contributed by atoms with Gasteiger partial charge in [-0.05, 0) is 18.7 Å². The predicted molar refractivity (Wildman–Crippen MR) is 86.4 cm³/mol. The van der Waals surface area contributed by atoms with E-state index in [2.05, 4.69) is 10.3 Å². The van der Waals surface area contributed by atoms with Crippen LogP contribution in [0.5, 0.6) is 0 Å². The first-order valence-corrected chi connectivity index (χ1v) is 7.92. The molecule has 0 aliphatic rings. The fourth-order valence-electron chi connectivity index (χ4n) is 2.05. The largest absolute Gasteiger partial charge is 0.480 e. The highest BCUT2D eigenvalue weighted by atomic mass is 32.2. The number of hydrogen-bond donors (Lipinski definition) is 2. The number of aromatic nitrogens is 2. The number of hydrogen-bond acceptors (Lipinski definition) is 5. The van der Waals surface area contributed by atoms with Gasteiger partial charge in [-0.2, -0.15) is 0 Å². The number of thioether (sulfide) groups is 1. The van der Waals surface area contributed by atoms with Gasteiger partial charge in [-0.15, -0.1) is 11.8 Å². The molecule has 6 nitrogen and oxygen atoms in total. The number of rotatable bonds is 6. The topological polar surface area (TPSA) is 84.2 Å². The molecule has 0 saturated heterocycles. The number of anilines is 1. The van der Waals surface area contributed by atoms with Crippen molar-refractivity contribution in [1.29, 1.82) is 0 Å². The Morgan fingerprint density at radius 1 is 1.41 bits per heavy atom. The van der Waals surface area contributed by atoms with Crippen molar-refractivity contribution in [3.63, 3.8) is 0 Å². The van der Waals surface area contributed by atoms with Crippen molar-refractivity contribution in [2.24, 2.45) is 0 Å². The number of benzene rings is 1. The van der Waals surface area contributed by atoms with Gasteiger partial charge in [-0.25, -0.2) is 4.98 Å². The van der Waals surface area contributed by atoms with Crippen molar-refractivity contribution in [2.45, 2.75) is 24.5 Å². The Labute approximate surface area is 132 Å². The van der Waals surface area contributed by atoms with Gasteiger partial charge in [0.25, 0.3) is 5.56 Å². The zero-order valence-electron chi connectivity index (χ0n) is 12.3. The number of carbonyl (C=O) groups is 1. The van der Waals surface area contributed by atoms with Crippen LogP contribution in [-0.2, 0) is 11.3 Å². The molecular weight excluding hydrogens is 302 g/mol. The van der Waals surface area contributed by atoms with Crippen LogP contribution in [0, 0.1) is 0 Å². The van der Waals surface area contributed by atoms with Crippen LogP contribution in [0.15, 0.2) is 46.3 Å². The van der Waals surface area contributed by atoms with Gasteiger partial charge in [0.05, 0.1) is 17.3 Å². The van der Waals surface area contributed by atoms with E-state index in [-0.39, 0.29) is 18.4 Å². The summed E-state index contributed by atoms with van der Waals surface area (Å²) in [6, 6.07) is 9.54. The molecule has 2 rings (SSSR count). The third kappa shape index (κ3) is 3.67. The summed E-state index contributed by atoms with van der Waals surface area (Å²) in [7, 11) is 0. The first kappa shape index (κ1) is 16.1. The Hall–Kier alpha value is -2.28. The molecular formula is C15H17N3O3S. The van der Waals surface area contributed by atoms with Crippen LogP contribution in [0.4, 0.5) is 5.82 Å². The maximum atomic E-state index is 12.4. The van der Waals surface area contributed by atoms with E-state index in [1.54, 1.807) is 6.26 Å². The average molecular weight is 319 g/mol. The lowest BCUT2D eigenvalue weighted by Gasteiger charge is -2.16. The lowest BCUT2D eigenvalue weighted by Crippen LogP contribution is -2.29. The molecule has 2 N–H and O–H groups in total. The quantitative estimate of drug-likeness (QED) is 0.794. The maximum absolute atomic E-state index is 12.4. The van der Waals surface area contributed by atoms with E-state index < -0.39 is 11.5 Å². The van der Waals surface area contributed by atoms with Gasteiger partial charge >= 0.3 is 5.97 Å². The van der Waals surface area contributed by atoms with Crippen LogP contribution in [0.2, 0.25) is 0 Å². The Bertz CT molecular complexity index is 716. The van der Waals surface area contributed by atoms with Crippen LogP contribution in [0.1, 0.15) is 18.5 Å². The molecule has 0 aliphatic carbocycles. The van der Waals surface area contributed by atoms with Gasteiger partial charge in [-0.3, -0.25) is 14.2 Å². The molecule has 0 bridgehead atoms. The molecule has 0 radical (unpaired) electrons. The maximum Gasteiger partial charge on any atom is 0.323 e. The molecule has 0 amide bonds. The summed E-state index contributed by atoms with van der Waals surface area (Å²) in [6.07, 6.45) is 3.28. The average Bonchev–Trinajstić information content (AvgIpc) is 2.52. The number of aliphatic carboxylic acids is 1. The summed E-state index contributed by atoms with van der Waals surface area (Å²) in [6.45, 7) is 1.53. The highest BCUT2D eigenvalue weighted by molar-refractivity contribution is 7.98. The molecule has 1 atom stereocenters. The minimum Gasteiger partial charge on any atom is -0.480 e. The molecule has 1 unspecified atom stereocenters. The third-order valence-corrected chi connectivity index (χ3v) is 3.92. The van der Waals surface area contributed by atoms with Crippen LogP contribution in [0.3, 0.4) is 0 Å². The molecule has 0 spiro atoms. The molecule has 2 aromatic rings. The van der Waals surface area contributed by atoms with Gasteiger partial charge < -0.3 is 10.4 Å². The molecule has 0 fully saturated rings. The highest BCUT2D eigenvalue weighted by Gasteiger charge is 2.14. The molecule has 116 valence electrons. The van der Waals surface area contributed by atoms with Crippen molar-refractivity contribution in [3.05, 3.63) is 52.4 Å². The van der Waals surface area contributed by atoms with E-state index in [4.69, 9.17) is 5.11 Å². The molecule has 0 aliphatic heterocycles. The number of carboxylic acids is 1. The number of carboxylic acid groups (broad SMARTS) is 1. The zero-order valence-corrected chi connectivity index (χ0v) is 13.1. The Morgan fingerprint density at radius 2 is 2.09 bits per heavy atom. The smallest absolute Gasteiger partial charge is 0.323 e. The predicted octanol–water partition coefficient (Wildman–Crippen LogP) is 2.22. The van der Waals surface area contributed by atoms with Crippen LogP contribution in [-0.4, -0.2) is 26.9 Å². The van der Waals surface area contributed by atoms with E-state index in [1.165, 1.54) is 22.5 Å². The van der Waals surface area contributed by atoms with Crippen molar-refractivity contribution in [1.82, 2.24) is 9.55 Å².